The quantitative estimate of drug-likeness (QED) is 0.597. The number of amides is 2. The number of aromatic nitrogens is 1. The Morgan fingerprint density at radius 2 is 1.60 bits per heavy atom. The molecule has 0 aliphatic rings. The number of rotatable bonds is 8. The highest BCUT2D eigenvalue weighted by Crippen LogP contribution is 2.15. The zero-order chi connectivity index (χ0) is 21.3. The summed E-state index contributed by atoms with van der Waals surface area (Å²) in [4.78, 5) is 31.5. The van der Waals surface area contributed by atoms with E-state index in [2.05, 4.69) is 10.3 Å². The second kappa shape index (κ2) is 10.6. The van der Waals surface area contributed by atoms with Crippen molar-refractivity contribution in [3.05, 3.63) is 101 Å². The second-order valence-electron chi connectivity index (χ2n) is 7.06. The van der Waals surface area contributed by atoms with Gasteiger partial charge in [0.1, 0.15) is 6.04 Å². The predicted octanol–water partition coefficient (Wildman–Crippen LogP) is 4.01. The number of carbonyl (C=O) groups is 2. The van der Waals surface area contributed by atoms with Gasteiger partial charge in [-0.1, -0.05) is 54.1 Å². The fraction of sp³-hybridized carbons (Fsp3) is 0.208. The van der Waals surface area contributed by atoms with Crippen molar-refractivity contribution in [1.29, 1.82) is 0 Å². The Labute approximate surface area is 181 Å². The van der Waals surface area contributed by atoms with Crippen molar-refractivity contribution < 1.29 is 9.59 Å². The van der Waals surface area contributed by atoms with Gasteiger partial charge in [0.15, 0.2) is 0 Å². The molecule has 3 aromatic rings. The van der Waals surface area contributed by atoms with E-state index in [0.717, 1.165) is 16.7 Å². The third kappa shape index (κ3) is 6.16. The molecule has 0 aliphatic carbocycles. The molecule has 2 aromatic carbocycles. The Morgan fingerprint density at radius 3 is 2.27 bits per heavy atom. The lowest BCUT2D eigenvalue weighted by Gasteiger charge is -2.29. The van der Waals surface area contributed by atoms with Crippen molar-refractivity contribution in [3.8, 4) is 0 Å². The largest absolute Gasteiger partial charge is 0.350 e. The normalized spacial score (nSPS) is 11.5. The summed E-state index contributed by atoms with van der Waals surface area (Å²) >= 11 is 5.98. The molecule has 154 valence electrons. The zero-order valence-corrected chi connectivity index (χ0v) is 17.5. The van der Waals surface area contributed by atoms with Gasteiger partial charge in [0.25, 0.3) is 0 Å². The molecule has 1 unspecified atom stereocenters. The molecule has 0 radical (unpaired) electrons. The second-order valence-corrected chi connectivity index (χ2v) is 7.50. The summed E-state index contributed by atoms with van der Waals surface area (Å²) in [6, 6.07) is 19.9. The molecule has 5 nitrogen and oxygen atoms in total. The Kier molecular flexibility index (Phi) is 7.57. The Bertz CT molecular complexity index is 963. The third-order valence-electron chi connectivity index (χ3n) is 4.85. The van der Waals surface area contributed by atoms with Crippen LogP contribution in [0.4, 0.5) is 0 Å². The Morgan fingerprint density at radius 1 is 0.933 bits per heavy atom. The molecule has 0 aliphatic heterocycles. The molecule has 1 atom stereocenters. The van der Waals surface area contributed by atoms with Crippen LogP contribution in [0.1, 0.15) is 23.6 Å². The van der Waals surface area contributed by atoms with E-state index in [1.807, 2.05) is 54.6 Å². The topological polar surface area (TPSA) is 62.3 Å². The van der Waals surface area contributed by atoms with Crippen LogP contribution in [-0.4, -0.2) is 27.7 Å². The van der Waals surface area contributed by atoms with Crippen LogP contribution in [0.3, 0.4) is 0 Å². The first-order chi connectivity index (χ1) is 14.5. The molecule has 2 amide bonds. The molecule has 0 saturated heterocycles. The minimum absolute atomic E-state index is 0.109. The zero-order valence-electron chi connectivity index (χ0n) is 16.8. The monoisotopic (exact) mass is 421 g/mol. The van der Waals surface area contributed by atoms with E-state index in [4.69, 9.17) is 11.6 Å². The average Bonchev–Trinajstić information content (AvgIpc) is 2.78. The van der Waals surface area contributed by atoms with Gasteiger partial charge >= 0.3 is 0 Å². The van der Waals surface area contributed by atoms with Crippen molar-refractivity contribution in [2.75, 3.05) is 0 Å². The number of nitrogens with one attached hydrogen (secondary N) is 1. The average molecular weight is 422 g/mol. The molecule has 1 heterocycles. The van der Waals surface area contributed by atoms with Crippen molar-refractivity contribution in [2.24, 2.45) is 0 Å². The van der Waals surface area contributed by atoms with E-state index in [-0.39, 0.29) is 18.2 Å². The van der Waals surface area contributed by atoms with Crippen molar-refractivity contribution in [3.63, 3.8) is 0 Å². The van der Waals surface area contributed by atoms with Crippen LogP contribution >= 0.6 is 11.6 Å². The highest BCUT2D eigenvalue weighted by molar-refractivity contribution is 6.30. The lowest BCUT2D eigenvalue weighted by atomic mass is 10.1. The van der Waals surface area contributed by atoms with Crippen molar-refractivity contribution >= 4 is 23.4 Å². The van der Waals surface area contributed by atoms with Gasteiger partial charge in [-0.2, -0.15) is 0 Å². The van der Waals surface area contributed by atoms with Gasteiger partial charge in [0.2, 0.25) is 11.8 Å². The van der Waals surface area contributed by atoms with Gasteiger partial charge in [0, 0.05) is 30.5 Å². The number of pyridine rings is 1. The van der Waals surface area contributed by atoms with Gasteiger partial charge in [-0.25, -0.2) is 0 Å². The maximum absolute atomic E-state index is 13.1. The Hall–Kier alpha value is -3.18. The molecular weight excluding hydrogens is 398 g/mol. The maximum Gasteiger partial charge on any atom is 0.242 e. The molecule has 0 bridgehead atoms. The summed E-state index contributed by atoms with van der Waals surface area (Å²) in [5, 5.41) is 3.54. The van der Waals surface area contributed by atoms with Crippen LogP contribution in [0, 0.1) is 0 Å². The third-order valence-corrected chi connectivity index (χ3v) is 5.10. The molecule has 0 spiro atoms. The summed E-state index contributed by atoms with van der Waals surface area (Å²) in [6.45, 7) is 2.46. The SMILES string of the molecule is CC(C(=O)NCc1ccncc1)N(Cc1ccc(Cl)cc1)C(=O)Cc1ccccc1. The molecule has 30 heavy (non-hydrogen) atoms. The summed E-state index contributed by atoms with van der Waals surface area (Å²) in [7, 11) is 0. The smallest absolute Gasteiger partial charge is 0.242 e. The predicted molar refractivity (Wildman–Crippen MR) is 118 cm³/mol. The van der Waals surface area contributed by atoms with E-state index in [1.165, 1.54) is 0 Å². The van der Waals surface area contributed by atoms with Crippen LogP contribution in [-0.2, 0) is 29.1 Å². The first-order valence-electron chi connectivity index (χ1n) is 9.77. The number of carbonyl (C=O) groups excluding carboxylic acids is 2. The van der Waals surface area contributed by atoms with E-state index >= 15 is 0 Å². The number of hydrogen-bond donors (Lipinski definition) is 1. The first kappa shape index (κ1) is 21.5. The fourth-order valence-corrected chi connectivity index (χ4v) is 3.20. The molecule has 1 N–H and O–H groups in total. The van der Waals surface area contributed by atoms with Gasteiger partial charge in [-0.05, 0) is 47.9 Å². The van der Waals surface area contributed by atoms with Gasteiger partial charge in [-0.15, -0.1) is 0 Å². The molecule has 1 aromatic heterocycles. The lowest BCUT2D eigenvalue weighted by molar-refractivity contribution is -0.140. The van der Waals surface area contributed by atoms with Gasteiger partial charge in [0.05, 0.1) is 6.42 Å². The summed E-state index contributed by atoms with van der Waals surface area (Å²) in [5.74, 6) is -0.315. The summed E-state index contributed by atoms with van der Waals surface area (Å²) < 4.78 is 0. The number of hydrogen-bond acceptors (Lipinski definition) is 3. The number of benzene rings is 2. The van der Waals surface area contributed by atoms with E-state index in [9.17, 15) is 9.59 Å². The standard InChI is InChI=1S/C24H24ClN3O2/c1-18(24(30)27-16-20-11-13-26-14-12-20)28(17-21-7-9-22(25)10-8-21)23(29)15-19-5-3-2-4-6-19/h2-14,18H,15-17H2,1H3,(H,27,30). The van der Waals surface area contributed by atoms with Gasteiger partial charge < -0.3 is 10.2 Å². The van der Waals surface area contributed by atoms with Crippen LogP contribution in [0.25, 0.3) is 0 Å². The number of halogens is 1. The highest BCUT2D eigenvalue weighted by Gasteiger charge is 2.26. The maximum atomic E-state index is 13.1. The Balaban J connectivity index is 1.73. The molecule has 0 saturated carbocycles. The highest BCUT2D eigenvalue weighted by atomic mass is 35.5. The first-order valence-corrected chi connectivity index (χ1v) is 10.1. The van der Waals surface area contributed by atoms with Crippen LogP contribution < -0.4 is 5.32 Å². The van der Waals surface area contributed by atoms with Gasteiger partial charge in [-0.3, -0.25) is 14.6 Å². The van der Waals surface area contributed by atoms with E-state index < -0.39 is 6.04 Å². The minimum atomic E-state index is -0.626. The summed E-state index contributed by atoms with van der Waals surface area (Å²) in [6.07, 6.45) is 3.60. The van der Waals surface area contributed by atoms with Crippen molar-refractivity contribution in [2.45, 2.75) is 32.5 Å². The number of nitrogens with zero attached hydrogens (tertiary/aromatic N) is 2. The minimum Gasteiger partial charge on any atom is -0.350 e. The molecular formula is C24H24ClN3O2. The molecule has 0 fully saturated rings. The van der Waals surface area contributed by atoms with E-state index in [1.54, 1.807) is 36.4 Å². The molecule has 6 heteroatoms. The van der Waals surface area contributed by atoms with E-state index in [0.29, 0.717) is 18.1 Å². The lowest BCUT2D eigenvalue weighted by Crippen LogP contribution is -2.47. The van der Waals surface area contributed by atoms with Crippen molar-refractivity contribution in [1.82, 2.24) is 15.2 Å². The van der Waals surface area contributed by atoms with Crippen LogP contribution in [0.15, 0.2) is 79.1 Å². The summed E-state index contributed by atoms with van der Waals surface area (Å²) in [5.41, 5.74) is 2.77. The molecule has 3 rings (SSSR count). The van der Waals surface area contributed by atoms with Crippen LogP contribution in [0.2, 0.25) is 5.02 Å². The van der Waals surface area contributed by atoms with Crippen LogP contribution in [0.5, 0.6) is 0 Å². The fourth-order valence-electron chi connectivity index (χ4n) is 3.08.